The third kappa shape index (κ3) is 8.38. The maximum absolute atomic E-state index is 14.6. The molecule has 236 valence electrons. The van der Waals surface area contributed by atoms with Crippen molar-refractivity contribution in [2.45, 2.75) is 44.2 Å². The highest BCUT2D eigenvalue weighted by atomic mass is 35.5. The Balaban J connectivity index is 1.85. The lowest BCUT2D eigenvalue weighted by atomic mass is 10.0. The van der Waals surface area contributed by atoms with E-state index in [0.29, 0.717) is 39.2 Å². The predicted molar refractivity (Wildman–Crippen MR) is 181 cm³/mol. The number of carbonyl (C=O) groups excluding carboxylic acids is 2. The summed E-state index contributed by atoms with van der Waals surface area (Å²) in [6, 6.07) is 26.0. The van der Waals surface area contributed by atoms with Gasteiger partial charge in [-0.3, -0.25) is 13.9 Å². The van der Waals surface area contributed by atoms with Crippen LogP contribution < -0.4 is 9.62 Å². The van der Waals surface area contributed by atoms with Gasteiger partial charge in [0.1, 0.15) is 12.6 Å². The number of amides is 2. The maximum Gasteiger partial charge on any atom is 0.264 e. The smallest absolute Gasteiger partial charge is 0.264 e. The summed E-state index contributed by atoms with van der Waals surface area (Å²) >= 11 is 19.5. The van der Waals surface area contributed by atoms with Gasteiger partial charge in [-0.05, 0) is 60.9 Å². The van der Waals surface area contributed by atoms with Gasteiger partial charge >= 0.3 is 0 Å². The lowest BCUT2D eigenvalue weighted by Crippen LogP contribution is -2.53. The van der Waals surface area contributed by atoms with Gasteiger partial charge in [-0.1, -0.05) is 102 Å². The number of carbonyl (C=O) groups is 2. The Hall–Kier alpha value is -3.56. The number of halogens is 3. The van der Waals surface area contributed by atoms with Crippen molar-refractivity contribution < 1.29 is 18.0 Å². The van der Waals surface area contributed by atoms with Crippen LogP contribution in [-0.4, -0.2) is 44.3 Å². The van der Waals surface area contributed by atoms with Crippen LogP contribution in [-0.2, 0) is 32.6 Å². The van der Waals surface area contributed by atoms with Crippen LogP contribution in [0.5, 0.6) is 0 Å². The molecule has 0 spiro atoms. The van der Waals surface area contributed by atoms with Crippen LogP contribution in [0.2, 0.25) is 15.1 Å². The minimum absolute atomic E-state index is 0.000557. The van der Waals surface area contributed by atoms with Crippen molar-refractivity contribution in [2.75, 3.05) is 17.4 Å². The number of anilines is 1. The Labute approximate surface area is 279 Å². The molecule has 7 nitrogen and oxygen atoms in total. The molecule has 1 N–H and O–H groups in total. The Morgan fingerprint density at radius 2 is 1.38 bits per heavy atom. The fourth-order valence-corrected chi connectivity index (χ4v) is 7.05. The quantitative estimate of drug-likeness (QED) is 0.160. The summed E-state index contributed by atoms with van der Waals surface area (Å²) in [7, 11) is -4.26. The number of nitrogens with one attached hydrogen (secondary N) is 1. The van der Waals surface area contributed by atoms with Gasteiger partial charge in [-0.15, -0.1) is 0 Å². The van der Waals surface area contributed by atoms with E-state index in [1.54, 1.807) is 61.5 Å². The second-order valence-electron chi connectivity index (χ2n) is 10.4. The molecule has 0 saturated carbocycles. The summed E-state index contributed by atoms with van der Waals surface area (Å²) in [6.45, 7) is 3.26. The highest BCUT2D eigenvalue weighted by molar-refractivity contribution is 7.92. The van der Waals surface area contributed by atoms with Gasteiger partial charge < -0.3 is 10.2 Å². The molecular weight excluding hydrogens is 653 g/mol. The normalized spacial score (nSPS) is 11.9. The summed E-state index contributed by atoms with van der Waals surface area (Å²) in [5.41, 5.74) is 1.97. The molecule has 4 aromatic carbocycles. The lowest BCUT2D eigenvalue weighted by molar-refractivity contribution is -0.140. The van der Waals surface area contributed by atoms with Crippen LogP contribution in [0.1, 0.15) is 30.0 Å². The van der Waals surface area contributed by atoms with Crippen molar-refractivity contribution >= 4 is 62.3 Å². The topological polar surface area (TPSA) is 86.8 Å². The predicted octanol–water partition coefficient (Wildman–Crippen LogP) is 7.32. The molecule has 0 aromatic heterocycles. The molecule has 0 bridgehead atoms. The van der Waals surface area contributed by atoms with E-state index in [2.05, 4.69) is 5.32 Å². The van der Waals surface area contributed by atoms with Gasteiger partial charge in [0.25, 0.3) is 10.0 Å². The molecule has 0 fully saturated rings. The largest absolute Gasteiger partial charge is 0.354 e. The number of nitrogens with zero attached hydrogens (tertiary/aromatic N) is 2. The standard InChI is InChI=1S/C34H34Cl3N3O4S/c1-3-20-38-34(42)32(21-25-12-6-4-7-13-25)39(22-27-29(36)17-10-18-30(27)37)33(41)23-40(31-19-11-16-28(35)24(31)2)45(43,44)26-14-8-5-9-15-26/h4-19,32H,3,20-23H2,1-2H3,(H,38,42)/t32-/m1/s1. The van der Waals surface area contributed by atoms with Gasteiger partial charge in [0.15, 0.2) is 0 Å². The van der Waals surface area contributed by atoms with E-state index >= 15 is 0 Å². The third-order valence-corrected chi connectivity index (χ3v) is 10.2. The van der Waals surface area contributed by atoms with Crippen LogP contribution in [0.3, 0.4) is 0 Å². The first-order chi connectivity index (χ1) is 21.5. The second kappa shape index (κ2) is 15.6. The molecule has 4 rings (SSSR count). The van der Waals surface area contributed by atoms with Crippen LogP contribution in [0, 0.1) is 6.92 Å². The molecule has 0 heterocycles. The fourth-order valence-electron chi connectivity index (χ4n) is 4.87. The van der Waals surface area contributed by atoms with Crippen molar-refractivity contribution in [3.8, 4) is 0 Å². The molecule has 0 aliphatic carbocycles. The molecule has 0 aliphatic rings. The van der Waals surface area contributed by atoms with Gasteiger partial charge in [0.05, 0.1) is 10.6 Å². The molecule has 0 saturated heterocycles. The average molecular weight is 687 g/mol. The van der Waals surface area contributed by atoms with E-state index in [1.807, 2.05) is 37.3 Å². The fraction of sp³-hybridized carbons (Fsp3) is 0.235. The van der Waals surface area contributed by atoms with Gasteiger partial charge in [0, 0.05) is 40.1 Å². The van der Waals surface area contributed by atoms with Crippen LogP contribution in [0.25, 0.3) is 0 Å². The zero-order valence-electron chi connectivity index (χ0n) is 24.9. The van der Waals surface area contributed by atoms with E-state index < -0.39 is 28.5 Å². The van der Waals surface area contributed by atoms with E-state index in [9.17, 15) is 18.0 Å². The molecule has 0 aliphatic heterocycles. The Bertz CT molecular complexity index is 1720. The van der Waals surface area contributed by atoms with Crippen LogP contribution in [0.4, 0.5) is 5.69 Å². The molecule has 11 heteroatoms. The summed E-state index contributed by atoms with van der Waals surface area (Å²) in [6.07, 6.45) is 0.858. The van der Waals surface area contributed by atoms with Gasteiger partial charge in [-0.2, -0.15) is 0 Å². The first-order valence-corrected chi connectivity index (χ1v) is 17.0. The molecule has 0 unspecified atom stereocenters. The molecule has 2 amide bonds. The molecular formula is C34H34Cl3N3O4S. The van der Waals surface area contributed by atoms with Crippen LogP contribution >= 0.6 is 34.8 Å². The van der Waals surface area contributed by atoms with E-state index in [4.69, 9.17) is 34.8 Å². The van der Waals surface area contributed by atoms with Gasteiger partial charge in [-0.25, -0.2) is 8.42 Å². The van der Waals surface area contributed by atoms with Crippen molar-refractivity contribution in [1.29, 1.82) is 0 Å². The minimum atomic E-state index is -4.26. The monoisotopic (exact) mass is 685 g/mol. The number of rotatable bonds is 13. The highest BCUT2D eigenvalue weighted by Gasteiger charge is 2.35. The zero-order valence-corrected chi connectivity index (χ0v) is 28.0. The minimum Gasteiger partial charge on any atom is -0.354 e. The Morgan fingerprint density at radius 3 is 2.00 bits per heavy atom. The average Bonchev–Trinajstić information content (AvgIpc) is 3.03. The first kappa shape index (κ1) is 34.3. The second-order valence-corrected chi connectivity index (χ2v) is 13.5. The van der Waals surface area contributed by atoms with Crippen molar-refractivity contribution in [1.82, 2.24) is 10.2 Å². The maximum atomic E-state index is 14.6. The number of hydrogen-bond acceptors (Lipinski definition) is 4. The van der Waals surface area contributed by atoms with Gasteiger partial charge in [0.2, 0.25) is 11.8 Å². The molecule has 45 heavy (non-hydrogen) atoms. The SMILES string of the molecule is CCCNC(=O)[C@@H](Cc1ccccc1)N(Cc1c(Cl)cccc1Cl)C(=O)CN(c1cccc(Cl)c1C)S(=O)(=O)c1ccccc1. The van der Waals surface area contributed by atoms with Crippen molar-refractivity contribution in [3.05, 3.63) is 129 Å². The summed E-state index contributed by atoms with van der Waals surface area (Å²) in [5.74, 6) is -1.01. The van der Waals surface area contributed by atoms with E-state index in [1.165, 1.54) is 17.0 Å². The number of sulfonamides is 1. The summed E-state index contributed by atoms with van der Waals surface area (Å²) in [4.78, 5) is 29.7. The van der Waals surface area contributed by atoms with E-state index in [-0.39, 0.29) is 29.5 Å². The third-order valence-electron chi connectivity index (χ3n) is 7.33. The van der Waals surface area contributed by atoms with E-state index in [0.717, 1.165) is 9.87 Å². The zero-order chi connectivity index (χ0) is 32.6. The van der Waals surface area contributed by atoms with Crippen molar-refractivity contribution in [3.63, 3.8) is 0 Å². The highest BCUT2D eigenvalue weighted by Crippen LogP contribution is 2.32. The Morgan fingerprint density at radius 1 is 0.800 bits per heavy atom. The molecule has 0 radical (unpaired) electrons. The van der Waals surface area contributed by atoms with Crippen molar-refractivity contribution in [2.24, 2.45) is 0 Å². The number of hydrogen-bond donors (Lipinski definition) is 1. The molecule has 1 atom stereocenters. The Kier molecular flexibility index (Phi) is 11.9. The first-order valence-electron chi connectivity index (χ1n) is 14.4. The number of benzene rings is 4. The van der Waals surface area contributed by atoms with Crippen LogP contribution in [0.15, 0.2) is 102 Å². The summed E-state index contributed by atoms with van der Waals surface area (Å²) < 4.78 is 29.3. The lowest BCUT2D eigenvalue weighted by Gasteiger charge is -2.34. The summed E-state index contributed by atoms with van der Waals surface area (Å²) in [5, 5.41) is 3.88. The molecule has 4 aromatic rings.